The zero-order valence-electron chi connectivity index (χ0n) is 10.1. The third kappa shape index (κ3) is 5.05. The molecule has 0 heterocycles. The maximum Gasteiger partial charge on any atom is 0.527 e. The van der Waals surface area contributed by atoms with Crippen molar-refractivity contribution in [2.75, 3.05) is 6.61 Å². The van der Waals surface area contributed by atoms with Gasteiger partial charge >= 0.3 is 7.82 Å². The van der Waals surface area contributed by atoms with Crippen LogP contribution in [0.1, 0.15) is 19.3 Å². The Kier molecular flexibility index (Phi) is 4.59. The van der Waals surface area contributed by atoms with Crippen molar-refractivity contribution < 1.29 is 18.5 Å². The van der Waals surface area contributed by atoms with Crippen molar-refractivity contribution in [2.24, 2.45) is 5.92 Å². The highest BCUT2D eigenvalue weighted by Gasteiger charge is 2.22. The molecule has 1 unspecified atom stereocenters. The second kappa shape index (κ2) is 6.19. The summed E-state index contributed by atoms with van der Waals surface area (Å²) in [7, 11) is -3.98. The van der Waals surface area contributed by atoms with Gasteiger partial charge in [-0.05, 0) is 30.9 Å². The molecule has 0 radical (unpaired) electrons. The Morgan fingerprint density at radius 3 is 2.56 bits per heavy atom. The number of rotatable bonds is 8. The fourth-order valence-corrected chi connectivity index (χ4v) is 2.37. The second-order valence-electron chi connectivity index (χ2n) is 4.25. The number of phosphoric ester groups is 1. The largest absolute Gasteiger partial charge is 0.527 e. The van der Waals surface area contributed by atoms with Crippen LogP contribution in [0.4, 0.5) is 0 Å². The van der Waals surface area contributed by atoms with E-state index in [-0.39, 0.29) is 6.61 Å². The highest BCUT2D eigenvalue weighted by molar-refractivity contribution is 7.47. The smallest absolute Gasteiger partial charge is 0.404 e. The molecular formula is C13H17O4P. The number of allylic oxidation sites excluding steroid dienone is 2. The van der Waals surface area contributed by atoms with E-state index < -0.39 is 7.82 Å². The zero-order valence-corrected chi connectivity index (χ0v) is 11.0. The molecule has 0 amide bonds. The molecule has 0 bridgehead atoms. The molecule has 18 heavy (non-hydrogen) atoms. The van der Waals surface area contributed by atoms with Gasteiger partial charge in [-0.3, -0.25) is 9.42 Å². The Morgan fingerprint density at radius 1 is 1.17 bits per heavy atom. The lowest BCUT2D eigenvalue weighted by Crippen LogP contribution is -1.99. The highest BCUT2D eigenvalue weighted by Crippen LogP contribution is 2.43. The Morgan fingerprint density at radius 2 is 1.89 bits per heavy atom. The molecule has 1 aliphatic rings. The Balaban J connectivity index is 1.64. The number of hydrogen-bond acceptors (Lipinski definition) is 3. The zero-order chi connectivity index (χ0) is 12.8. The van der Waals surface area contributed by atoms with Gasteiger partial charge in [0, 0.05) is 0 Å². The molecule has 0 aliphatic heterocycles. The summed E-state index contributed by atoms with van der Waals surface area (Å²) >= 11 is 0. The lowest BCUT2D eigenvalue weighted by Gasteiger charge is -2.12. The molecule has 5 heteroatoms. The number of para-hydroxylation sites is 1. The van der Waals surface area contributed by atoms with Crippen molar-refractivity contribution in [3.8, 4) is 5.75 Å². The Labute approximate surface area is 107 Å². The van der Waals surface area contributed by atoms with Crippen LogP contribution in [0.25, 0.3) is 0 Å². The molecule has 1 aliphatic carbocycles. The summed E-state index contributed by atoms with van der Waals surface area (Å²) in [4.78, 5) is 9.49. The van der Waals surface area contributed by atoms with Crippen molar-refractivity contribution in [3.63, 3.8) is 0 Å². The molecular weight excluding hydrogens is 251 g/mol. The van der Waals surface area contributed by atoms with Crippen LogP contribution in [-0.2, 0) is 9.09 Å². The quantitative estimate of drug-likeness (QED) is 0.445. The predicted molar refractivity (Wildman–Crippen MR) is 69.3 cm³/mol. The van der Waals surface area contributed by atoms with Crippen LogP contribution in [0.5, 0.6) is 5.75 Å². The van der Waals surface area contributed by atoms with Crippen LogP contribution in [0.2, 0.25) is 0 Å². The van der Waals surface area contributed by atoms with Crippen LogP contribution in [0, 0.1) is 5.92 Å². The first-order valence-electron chi connectivity index (χ1n) is 6.06. The molecule has 0 fully saturated rings. The van der Waals surface area contributed by atoms with Gasteiger partial charge in [-0.15, -0.1) is 0 Å². The first kappa shape index (κ1) is 13.3. The topological polar surface area (TPSA) is 55.8 Å². The van der Waals surface area contributed by atoms with E-state index in [1.54, 1.807) is 24.3 Å². The standard InChI is InChI=1S/C13H17O4P/c14-18(15,17-13-7-2-1-3-8-13)16-11-5-4-6-12-9-10-12/h1-3,7-10,12H,4-6,11H2,(H,14,15). The lowest BCUT2D eigenvalue weighted by molar-refractivity contribution is 0.199. The summed E-state index contributed by atoms with van der Waals surface area (Å²) < 4.78 is 21.4. The molecule has 0 saturated carbocycles. The number of phosphoric acid groups is 1. The van der Waals surface area contributed by atoms with Crippen LogP contribution < -0.4 is 4.52 Å². The summed E-state index contributed by atoms with van der Waals surface area (Å²) in [5.41, 5.74) is 0. The summed E-state index contributed by atoms with van der Waals surface area (Å²) in [6, 6.07) is 8.51. The summed E-state index contributed by atoms with van der Waals surface area (Å²) in [6.07, 6.45) is 7.15. The first-order chi connectivity index (χ1) is 8.66. The first-order valence-corrected chi connectivity index (χ1v) is 7.55. The van der Waals surface area contributed by atoms with Crippen LogP contribution >= 0.6 is 7.82 Å². The summed E-state index contributed by atoms with van der Waals surface area (Å²) in [6.45, 7) is 0.243. The van der Waals surface area contributed by atoms with Gasteiger partial charge in [-0.2, -0.15) is 0 Å². The second-order valence-corrected chi connectivity index (χ2v) is 5.63. The van der Waals surface area contributed by atoms with Crippen LogP contribution in [0.3, 0.4) is 0 Å². The number of unbranched alkanes of at least 4 members (excludes halogenated alkanes) is 1. The van der Waals surface area contributed by atoms with Gasteiger partial charge in [0.2, 0.25) is 0 Å². The molecule has 1 aromatic rings. The van der Waals surface area contributed by atoms with Gasteiger partial charge < -0.3 is 4.52 Å². The molecule has 98 valence electrons. The molecule has 1 atom stereocenters. The fourth-order valence-electron chi connectivity index (χ4n) is 1.57. The number of hydrogen-bond donors (Lipinski definition) is 1. The van der Waals surface area contributed by atoms with Crippen molar-refractivity contribution in [2.45, 2.75) is 19.3 Å². The Bertz CT molecular complexity index is 438. The van der Waals surface area contributed by atoms with E-state index >= 15 is 0 Å². The van der Waals surface area contributed by atoms with E-state index in [1.165, 1.54) is 0 Å². The van der Waals surface area contributed by atoms with Gasteiger partial charge in [-0.25, -0.2) is 4.57 Å². The van der Waals surface area contributed by atoms with Crippen LogP contribution in [-0.4, -0.2) is 11.5 Å². The summed E-state index contributed by atoms with van der Waals surface area (Å²) in [5.74, 6) is 0.983. The van der Waals surface area contributed by atoms with E-state index in [9.17, 15) is 9.46 Å². The monoisotopic (exact) mass is 268 g/mol. The third-order valence-corrected chi connectivity index (χ3v) is 3.57. The molecule has 0 spiro atoms. The van der Waals surface area contributed by atoms with Gasteiger partial charge in [0.05, 0.1) is 6.61 Å². The minimum atomic E-state index is -3.98. The molecule has 4 nitrogen and oxygen atoms in total. The maximum absolute atomic E-state index is 11.6. The van der Waals surface area contributed by atoms with Crippen molar-refractivity contribution >= 4 is 7.82 Å². The normalized spacial score (nSPS) is 17.4. The molecule has 0 aromatic heterocycles. The minimum Gasteiger partial charge on any atom is -0.404 e. The molecule has 0 saturated heterocycles. The van der Waals surface area contributed by atoms with Gasteiger partial charge in [0.25, 0.3) is 0 Å². The van der Waals surface area contributed by atoms with E-state index in [4.69, 9.17) is 9.05 Å². The van der Waals surface area contributed by atoms with Gasteiger partial charge in [0.1, 0.15) is 5.75 Å². The fraction of sp³-hybridized carbons (Fsp3) is 0.385. The van der Waals surface area contributed by atoms with E-state index in [2.05, 4.69) is 12.2 Å². The number of benzene rings is 1. The van der Waals surface area contributed by atoms with Crippen LogP contribution in [0.15, 0.2) is 42.5 Å². The molecule has 1 N–H and O–H groups in total. The predicted octanol–water partition coefficient (Wildman–Crippen LogP) is 3.54. The SMILES string of the molecule is O=P(O)(OCCCCC1C=C1)Oc1ccccc1. The highest BCUT2D eigenvalue weighted by atomic mass is 31.2. The average molecular weight is 268 g/mol. The lowest BCUT2D eigenvalue weighted by atomic mass is 10.2. The van der Waals surface area contributed by atoms with Crippen molar-refractivity contribution in [1.82, 2.24) is 0 Å². The van der Waals surface area contributed by atoms with Gasteiger partial charge in [-0.1, -0.05) is 36.8 Å². The van der Waals surface area contributed by atoms with E-state index in [1.807, 2.05) is 6.07 Å². The summed E-state index contributed by atoms with van der Waals surface area (Å²) in [5, 5.41) is 0. The van der Waals surface area contributed by atoms with Crippen molar-refractivity contribution in [3.05, 3.63) is 42.5 Å². The minimum absolute atomic E-state index is 0.243. The third-order valence-electron chi connectivity index (χ3n) is 2.61. The van der Waals surface area contributed by atoms with Crippen molar-refractivity contribution in [1.29, 1.82) is 0 Å². The van der Waals surface area contributed by atoms with Gasteiger partial charge in [0.15, 0.2) is 0 Å². The van der Waals surface area contributed by atoms with E-state index in [0.717, 1.165) is 19.3 Å². The molecule has 1 aromatic carbocycles. The van der Waals surface area contributed by atoms with E-state index in [0.29, 0.717) is 11.7 Å². The average Bonchev–Trinajstić information content (AvgIpc) is 3.13. The Hall–Kier alpha value is -1.09. The maximum atomic E-state index is 11.6. The molecule has 2 rings (SSSR count).